The third-order valence-electron chi connectivity index (χ3n) is 3.00. The molecule has 0 saturated carbocycles. The van der Waals surface area contributed by atoms with E-state index >= 15 is 0 Å². The Morgan fingerprint density at radius 1 is 1.15 bits per heavy atom. The first-order valence-corrected chi connectivity index (χ1v) is 7.19. The zero-order valence-corrected chi connectivity index (χ0v) is 13.1. The molecule has 0 radical (unpaired) electrons. The van der Waals surface area contributed by atoms with Crippen molar-refractivity contribution in [3.8, 4) is 0 Å². The molecule has 3 nitrogen and oxygen atoms in total. The Hall–Kier alpha value is -1.77. The quantitative estimate of drug-likeness (QED) is 0.585. The maximum Gasteiger partial charge on any atom is 0.332 e. The van der Waals surface area contributed by atoms with Gasteiger partial charge in [0.2, 0.25) is 0 Å². The lowest BCUT2D eigenvalue weighted by Gasteiger charge is -2.35. The molecule has 0 saturated heterocycles. The number of nitrogens with zero attached hydrogens (tertiary/aromatic N) is 1. The highest BCUT2D eigenvalue weighted by atomic mass is 16.5. The van der Waals surface area contributed by atoms with E-state index in [4.69, 9.17) is 4.74 Å². The van der Waals surface area contributed by atoms with Gasteiger partial charge in [-0.3, -0.25) is 0 Å². The van der Waals surface area contributed by atoms with Gasteiger partial charge in [-0.05, 0) is 40.2 Å². The molecule has 0 unspecified atom stereocenters. The van der Waals surface area contributed by atoms with Crippen LogP contribution in [0.5, 0.6) is 0 Å². The molecule has 0 aromatic heterocycles. The van der Waals surface area contributed by atoms with Crippen molar-refractivity contribution in [1.82, 2.24) is 4.90 Å². The molecule has 110 valence electrons. The van der Waals surface area contributed by atoms with Gasteiger partial charge in [0, 0.05) is 18.2 Å². The molecule has 0 aliphatic heterocycles. The number of carbonyl (C=O) groups is 1. The molecule has 0 spiro atoms. The molecule has 0 aliphatic rings. The van der Waals surface area contributed by atoms with Crippen LogP contribution in [0, 0.1) is 0 Å². The zero-order valence-electron chi connectivity index (χ0n) is 13.1. The molecule has 20 heavy (non-hydrogen) atoms. The molecular weight excluding hydrogens is 250 g/mol. The second-order valence-electron chi connectivity index (χ2n) is 5.24. The Morgan fingerprint density at radius 3 is 2.15 bits per heavy atom. The highest BCUT2D eigenvalue weighted by Crippen LogP contribution is 2.24. The first-order chi connectivity index (χ1) is 9.47. The smallest absolute Gasteiger partial charge is 0.332 e. The fourth-order valence-corrected chi connectivity index (χ4v) is 2.36. The van der Waals surface area contributed by atoms with E-state index in [-0.39, 0.29) is 5.97 Å². The summed E-state index contributed by atoms with van der Waals surface area (Å²) in [6, 6.07) is 10.6. The third kappa shape index (κ3) is 4.41. The molecule has 0 N–H and O–H groups in total. The molecular formula is C17H25NO2. The Morgan fingerprint density at radius 2 is 1.70 bits per heavy atom. The van der Waals surface area contributed by atoms with Crippen molar-refractivity contribution in [2.45, 2.75) is 46.7 Å². The van der Waals surface area contributed by atoms with Crippen LogP contribution in [0.4, 0.5) is 0 Å². The molecule has 0 amide bonds. The zero-order chi connectivity index (χ0) is 15.1. The Bertz CT molecular complexity index is 441. The van der Waals surface area contributed by atoms with Crippen molar-refractivity contribution >= 4 is 11.7 Å². The second-order valence-corrected chi connectivity index (χ2v) is 5.24. The van der Waals surface area contributed by atoms with Crippen molar-refractivity contribution < 1.29 is 9.53 Å². The summed E-state index contributed by atoms with van der Waals surface area (Å²) in [6.45, 7) is 10.7. The van der Waals surface area contributed by atoms with Crippen LogP contribution in [0.1, 0.15) is 40.2 Å². The van der Waals surface area contributed by atoms with Gasteiger partial charge in [-0.15, -0.1) is 0 Å². The summed E-state index contributed by atoms with van der Waals surface area (Å²) >= 11 is 0. The van der Waals surface area contributed by atoms with Crippen LogP contribution >= 0.6 is 0 Å². The molecule has 1 aromatic rings. The normalized spacial score (nSPS) is 11.8. The summed E-state index contributed by atoms with van der Waals surface area (Å²) in [7, 11) is 0. The van der Waals surface area contributed by atoms with Crippen molar-refractivity contribution in [3.63, 3.8) is 0 Å². The lowest BCUT2D eigenvalue weighted by atomic mass is 10.1. The molecule has 0 heterocycles. The molecule has 0 atom stereocenters. The molecule has 1 rings (SSSR count). The van der Waals surface area contributed by atoms with Gasteiger partial charge in [0.05, 0.1) is 12.3 Å². The highest BCUT2D eigenvalue weighted by molar-refractivity contribution is 5.91. The van der Waals surface area contributed by atoms with E-state index in [2.05, 4.69) is 32.6 Å². The summed E-state index contributed by atoms with van der Waals surface area (Å²) in [5.41, 5.74) is 1.94. The summed E-state index contributed by atoms with van der Waals surface area (Å²) < 4.78 is 5.06. The monoisotopic (exact) mass is 275 g/mol. The fourth-order valence-electron chi connectivity index (χ4n) is 2.36. The Kier molecular flexibility index (Phi) is 6.29. The second kappa shape index (κ2) is 7.73. The van der Waals surface area contributed by atoms with E-state index < -0.39 is 0 Å². The minimum Gasteiger partial charge on any atom is -0.463 e. The number of ether oxygens (including phenoxy) is 1. The van der Waals surface area contributed by atoms with Crippen molar-refractivity contribution in [2.24, 2.45) is 0 Å². The summed E-state index contributed by atoms with van der Waals surface area (Å²) in [6.07, 6.45) is 1.60. The SMILES string of the molecule is CCOC(=O)/C=C(\c1ccccc1)N(C(C)C)C(C)C. The number of carbonyl (C=O) groups excluding carboxylic acids is 1. The minimum absolute atomic E-state index is 0.294. The number of rotatable bonds is 6. The predicted molar refractivity (Wildman–Crippen MR) is 83.2 cm³/mol. The van der Waals surface area contributed by atoms with Gasteiger partial charge in [0.25, 0.3) is 0 Å². The summed E-state index contributed by atoms with van der Waals surface area (Å²) in [5, 5.41) is 0. The average molecular weight is 275 g/mol. The maximum absolute atomic E-state index is 11.9. The third-order valence-corrected chi connectivity index (χ3v) is 3.00. The predicted octanol–water partition coefficient (Wildman–Crippen LogP) is 3.71. The van der Waals surface area contributed by atoms with Gasteiger partial charge in [0.1, 0.15) is 0 Å². The Labute approximate surface area is 122 Å². The lowest BCUT2D eigenvalue weighted by Crippen LogP contribution is -2.35. The molecule has 1 aromatic carbocycles. The van der Waals surface area contributed by atoms with Crippen LogP contribution in [0.15, 0.2) is 36.4 Å². The topological polar surface area (TPSA) is 29.5 Å². The summed E-state index contributed by atoms with van der Waals surface area (Å²) in [5.74, 6) is -0.294. The number of esters is 1. The molecule has 0 aliphatic carbocycles. The van der Waals surface area contributed by atoms with Gasteiger partial charge in [-0.1, -0.05) is 30.3 Å². The van der Waals surface area contributed by atoms with Crippen molar-refractivity contribution in [1.29, 1.82) is 0 Å². The average Bonchev–Trinajstić information content (AvgIpc) is 2.38. The molecule has 0 bridgehead atoms. The van der Waals surface area contributed by atoms with Crippen LogP contribution in [0.3, 0.4) is 0 Å². The largest absolute Gasteiger partial charge is 0.463 e. The van der Waals surface area contributed by atoms with E-state index in [1.807, 2.05) is 37.3 Å². The van der Waals surface area contributed by atoms with E-state index in [1.165, 1.54) is 0 Å². The van der Waals surface area contributed by atoms with E-state index in [9.17, 15) is 4.79 Å². The van der Waals surface area contributed by atoms with Gasteiger partial charge in [-0.2, -0.15) is 0 Å². The standard InChI is InChI=1S/C17H25NO2/c1-6-20-17(19)12-16(15-10-8-7-9-11-15)18(13(2)3)14(4)5/h7-14H,6H2,1-5H3/b16-12+. The number of benzene rings is 1. The minimum atomic E-state index is -0.294. The fraction of sp³-hybridized carbons (Fsp3) is 0.471. The van der Waals surface area contributed by atoms with E-state index in [1.54, 1.807) is 6.08 Å². The Balaban J connectivity index is 3.23. The van der Waals surface area contributed by atoms with Gasteiger partial charge in [0.15, 0.2) is 0 Å². The molecule has 3 heteroatoms. The molecule has 0 fully saturated rings. The lowest BCUT2D eigenvalue weighted by molar-refractivity contribution is -0.137. The van der Waals surface area contributed by atoms with Gasteiger partial charge >= 0.3 is 5.97 Å². The van der Waals surface area contributed by atoms with Crippen LogP contribution in [-0.2, 0) is 9.53 Å². The first-order valence-electron chi connectivity index (χ1n) is 7.19. The van der Waals surface area contributed by atoms with Crippen molar-refractivity contribution in [3.05, 3.63) is 42.0 Å². The van der Waals surface area contributed by atoms with Crippen LogP contribution < -0.4 is 0 Å². The van der Waals surface area contributed by atoms with E-state index in [0.717, 1.165) is 11.3 Å². The summed E-state index contributed by atoms with van der Waals surface area (Å²) in [4.78, 5) is 14.1. The van der Waals surface area contributed by atoms with Crippen LogP contribution in [0.25, 0.3) is 5.70 Å². The maximum atomic E-state index is 11.9. The highest BCUT2D eigenvalue weighted by Gasteiger charge is 2.19. The number of hydrogen-bond donors (Lipinski definition) is 0. The van der Waals surface area contributed by atoms with Gasteiger partial charge < -0.3 is 9.64 Å². The van der Waals surface area contributed by atoms with Crippen LogP contribution in [0.2, 0.25) is 0 Å². The number of hydrogen-bond acceptors (Lipinski definition) is 3. The van der Waals surface area contributed by atoms with E-state index in [0.29, 0.717) is 18.7 Å². The van der Waals surface area contributed by atoms with Gasteiger partial charge in [-0.25, -0.2) is 4.79 Å². The first kappa shape index (κ1) is 16.3. The van der Waals surface area contributed by atoms with Crippen molar-refractivity contribution in [2.75, 3.05) is 6.61 Å². The van der Waals surface area contributed by atoms with Crippen LogP contribution in [-0.4, -0.2) is 29.6 Å².